The molecule has 1 fully saturated rings. The van der Waals surface area contributed by atoms with Gasteiger partial charge < -0.3 is 26.0 Å². The first-order chi connectivity index (χ1) is 15.7. The summed E-state index contributed by atoms with van der Waals surface area (Å²) in [6, 6.07) is 5.77. The lowest BCUT2D eigenvalue weighted by Crippen LogP contribution is -2.46. The van der Waals surface area contributed by atoms with E-state index in [1.807, 2.05) is 5.92 Å². The molecule has 2 aromatic rings. The van der Waals surface area contributed by atoms with Gasteiger partial charge in [0.15, 0.2) is 0 Å². The van der Waals surface area contributed by atoms with Crippen molar-refractivity contribution >= 4 is 35.0 Å². The van der Waals surface area contributed by atoms with Crippen LogP contribution in [0.1, 0.15) is 18.4 Å². The number of halogens is 3. The van der Waals surface area contributed by atoms with Crippen LogP contribution in [0.15, 0.2) is 30.5 Å². The maximum absolute atomic E-state index is 13.6. The lowest BCUT2D eigenvalue weighted by molar-refractivity contribution is -0.137. The molecule has 4 N–H and O–H groups in total. The number of anilines is 4. The zero-order valence-electron chi connectivity index (χ0n) is 17.3. The van der Waals surface area contributed by atoms with Gasteiger partial charge in [-0.1, -0.05) is 12.1 Å². The van der Waals surface area contributed by atoms with Gasteiger partial charge in [-0.2, -0.15) is 18.2 Å². The van der Waals surface area contributed by atoms with Crippen LogP contribution < -0.4 is 16.0 Å². The summed E-state index contributed by atoms with van der Waals surface area (Å²) >= 11 is 0. The number of benzene rings is 1. The molecule has 1 aromatic heterocycles. The summed E-state index contributed by atoms with van der Waals surface area (Å²) in [7, 11) is 0. The summed E-state index contributed by atoms with van der Waals surface area (Å²) in [4.78, 5) is 32.5. The van der Waals surface area contributed by atoms with Crippen molar-refractivity contribution < 1.29 is 27.9 Å². The summed E-state index contributed by atoms with van der Waals surface area (Å²) < 4.78 is 40.7. The van der Waals surface area contributed by atoms with Gasteiger partial charge in [-0.15, -0.1) is 6.42 Å². The van der Waals surface area contributed by atoms with E-state index in [2.05, 4.69) is 25.9 Å². The maximum atomic E-state index is 13.6. The second kappa shape index (κ2) is 10.2. The van der Waals surface area contributed by atoms with Crippen molar-refractivity contribution in [2.24, 2.45) is 0 Å². The van der Waals surface area contributed by atoms with E-state index in [1.165, 1.54) is 17.0 Å². The Kier molecular flexibility index (Phi) is 7.34. The normalized spacial score (nSPS) is 16.0. The second-order valence-electron chi connectivity index (χ2n) is 7.20. The zero-order chi connectivity index (χ0) is 24.0. The molecule has 0 unspecified atom stereocenters. The number of nitrogens with one attached hydrogen (secondary N) is 3. The predicted molar refractivity (Wildman–Crippen MR) is 115 cm³/mol. The molecule has 0 bridgehead atoms. The average Bonchev–Trinajstić information content (AvgIpc) is 2.79. The molecule has 0 saturated carbocycles. The number of hydrogen-bond donors (Lipinski definition) is 4. The molecule has 0 radical (unpaired) electrons. The number of amides is 2. The van der Waals surface area contributed by atoms with Crippen LogP contribution in [0.5, 0.6) is 0 Å². The minimum atomic E-state index is -4.74. The van der Waals surface area contributed by atoms with Crippen LogP contribution in [0.25, 0.3) is 0 Å². The molecular formula is C21H21F3N6O3. The number of nitrogens with zero attached hydrogens (tertiary/aromatic N) is 3. The highest BCUT2D eigenvalue weighted by Gasteiger charge is 2.36. The minimum absolute atomic E-state index is 0.0704. The van der Waals surface area contributed by atoms with Crippen LogP contribution in [-0.2, 0) is 15.8 Å². The van der Waals surface area contributed by atoms with E-state index in [1.54, 1.807) is 12.1 Å². The van der Waals surface area contributed by atoms with Crippen molar-refractivity contribution in [1.82, 2.24) is 14.9 Å². The first-order valence-corrected chi connectivity index (χ1v) is 9.94. The van der Waals surface area contributed by atoms with Gasteiger partial charge in [0.2, 0.25) is 11.9 Å². The Hall–Kier alpha value is -3.85. The number of aliphatic hydroxyl groups is 1. The molecule has 33 heavy (non-hydrogen) atoms. The molecule has 1 atom stereocenters. The van der Waals surface area contributed by atoms with E-state index >= 15 is 0 Å². The molecule has 1 saturated heterocycles. The third-order valence-corrected chi connectivity index (χ3v) is 4.90. The van der Waals surface area contributed by atoms with Crippen LogP contribution in [0.4, 0.5) is 36.3 Å². The minimum Gasteiger partial charge on any atom is -0.387 e. The van der Waals surface area contributed by atoms with Crippen molar-refractivity contribution in [3.8, 4) is 12.3 Å². The number of para-hydroxylation sites is 2. The molecule has 174 valence electrons. The third kappa shape index (κ3) is 6.11. The lowest BCUT2D eigenvalue weighted by Gasteiger charge is -2.32. The molecule has 0 spiro atoms. The van der Waals surface area contributed by atoms with E-state index in [0.29, 0.717) is 25.6 Å². The molecule has 12 heteroatoms. The fourth-order valence-electron chi connectivity index (χ4n) is 3.35. The van der Waals surface area contributed by atoms with Gasteiger partial charge in [-0.3, -0.25) is 9.59 Å². The quantitative estimate of drug-likeness (QED) is 0.486. The number of carbonyl (C=O) groups is 2. The molecule has 9 nitrogen and oxygen atoms in total. The number of piperidine rings is 1. The molecule has 3 rings (SSSR count). The number of rotatable bonds is 6. The van der Waals surface area contributed by atoms with Crippen molar-refractivity contribution in [2.45, 2.75) is 25.1 Å². The summed E-state index contributed by atoms with van der Waals surface area (Å²) in [5, 5.41) is 17.0. The maximum Gasteiger partial charge on any atom is 0.421 e. The SMILES string of the molecule is C#CC(=O)Nc1ccccc1Nc1nc(N[C@H]2CCCN(C(=O)CO)C2)ncc1C(F)(F)F. The molecule has 1 aliphatic rings. The Morgan fingerprint density at radius 2 is 2.00 bits per heavy atom. The second-order valence-corrected chi connectivity index (χ2v) is 7.20. The fraction of sp³-hybridized carbons (Fsp3) is 0.333. The van der Waals surface area contributed by atoms with Crippen LogP contribution in [0.3, 0.4) is 0 Å². The number of aromatic nitrogens is 2. The van der Waals surface area contributed by atoms with Crippen LogP contribution >= 0.6 is 0 Å². The number of likely N-dealkylation sites (tertiary alicyclic amines) is 1. The molecule has 2 heterocycles. The van der Waals surface area contributed by atoms with Gasteiger partial charge in [0.25, 0.3) is 5.91 Å². The van der Waals surface area contributed by atoms with E-state index in [9.17, 15) is 22.8 Å². The van der Waals surface area contributed by atoms with Gasteiger partial charge in [-0.25, -0.2) is 4.98 Å². The predicted octanol–water partition coefficient (Wildman–Crippen LogP) is 2.21. The van der Waals surface area contributed by atoms with Gasteiger partial charge in [-0.05, 0) is 30.9 Å². The highest BCUT2D eigenvalue weighted by molar-refractivity contribution is 6.05. The Morgan fingerprint density at radius 1 is 1.27 bits per heavy atom. The Bertz CT molecular complexity index is 1070. The number of carbonyl (C=O) groups excluding carboxylic acids is 2. The van der Waals surface area contributed by atoms with Gasteiger partial charge in [0.05, 0.1) is 11.4 Å². The Balaban J connectivity index is 1.87. The van der Waals surface area contributed by atoms with E-state index < -0.39 is 36.0 Å². The van der Waals surface area contributed by atoms with Crippen LogP contribution in [0.2, 0.25) is 0 Å². The summed E-state index contributed by atoms with van der Waals surface area (Å²) in [6.07, 6.45) is 2.25. The molecular weight excluding hydrogens is 441 g/mol. The highest BCUT2D eigenvalue weighted by atomic mass is 19.4. The standard InChI is InChI=1S/C21H21F3N6O3/c1-2-17(32)27-15-7-3-4-8-16(15)28-19-14(21(22,23)24)10-25-20(29-19)26-13-6-5-9-30(11-13)18(33)12-31/h1,3-4,7-8,10,13,31H,5-6,9,11-12H2,(H,27,32)(H2,25,26,28,29)/t13-/m0/s1. The molecule has 0 aliphatic carbocycles. The van der Waals surface area contributed by atoms with Gasteiger partial charge in [0, 0.05) is 25.3 Å². The Labute approximate surface area is 187 Å². The highest BCUT2D eigenvalue weighted by Crippen LogP contribution is 2.36. The first kappa shape index (κ1) is 23.8. The van der Waals surface area contributed by atoms with Crippen LogP contribution in [-0.4, -0.2) is 57.5 Å². The molecule has 1 aromatic carbocycles. The van der Waals surface area contributed by atoms with Crippen molar-refractivity contribution in [1.29, 1.82) is 0 Å². The monoisotopic (exact) mass is 462 g/mol. The van der Waals surface area contributed by atoms with Gasteiger partial charge in [0.1, 0.15) is 18.0 Å². The fourth-order valence-corrected chi connectivity index (χ4v) is 3.35. The largest absolute Gasteiger partial charge is 0.421 e. The van der Waals surface area contributed by atoms with E-state index in [-0.39, 0.29) is 29.9 Å². The van der Waals surface area contributed by atoms with E-state index in [0.717, 1.165) is 0 Å². The summed E-state index contributed by atoms with van der Waals surface area (Å²) in [5.41, 5.74) is -0.785. The topological polar surface area (TPSA) is 119 Å². The number of alkyl halides is 3. The van der Waals surface area contributed by atoms with Crippen molar-refractivity contribution in [3.05, 3.63) is 36.0 Å². The van der Waals surface area contributed by atoms with Crippen LogP contribution in [0, 0.1) is 12.3 Å². The van der Waals surface area contributed by atoms with Crippen molar-refractivity contribution in [3.63, 3.8) is 0 Å². The van der Waals surface area contributed by atoms with E-state index in [4.69, 9.17) is 11.5 Å². The zero-order valence-corrected chi connectivity index (χ0v) is 17.3. The number of hydrogen-bond acceptors (Lipinski definition) is 7. The lowest BCUT2D eigenvalue weighted by atomic mass is 10.1. The Morgan fingerprint density at radius 3 is 2.67 bits per heavy atom. The smallest absolute Gasteiger partial charge is 0.387 e. The van der Waals surface area contributed by atoms with Crippen molar-refractivity contribution in [2.75, 3.05) is 35.6 Å². The molecule has 1 aliphatic heterocycles. The summed E-state index contributed by atoms with van der Waals surface area (Å²) in [6.45, 7) is 0.124. The average molecular weight is 462 g/mol. The first-order valence-electron chi connectivity index (χ1n) is 9.94. The van der Waals surface area contributed by atoms with Gasteiger partial charge >= 0.3 is 6.18 Å². The molecule has 2 amide bonds. The number of terminal acetylenes is 1. The number of aliphatic hydroxyl groups excluding tert-OH is 1. The third-order valence-electron chi connectivity index (χ3n) is 4.90. The summed E-state index contributed by atoms with van der Waals surface area (Å²) in [5.74, 6) is 0.0890.